The van der Waals surface area contributed by atoms with E-state index in [1.807, 2.05) is 45.0 Å². The van der Waals surface area contributed by atoms with Gasteiger partial charge in [0, 0.05) is 18.5 Å². The molecule has 1 aromatic carbocycles. The van der Waals surface area contributed by atoms with E-state index in [0.29, 0.717) is 17.6 Å². The number of para-hydroxylation sites is 1. The fraction of sp³-hybridized carbons (Fsp3) is 0.389. The molecule has 27 heavy (non-hydrogen) atoms. The number of carbonyl (C=O) groups is 2. The first kappa shape index (κ1) is 19.1. The number of hydrogen-bond donors (Lipinski definition) is 2. The molecule has 2 aromatic heterocycles. The Morgan fingerprint density at radius 2 is 2.00 bits per heavy atom. The van der Waals surface area contributed by atoms with Crippen LogP contribution in [0.4, 0.5) is 4.79 Å². The van der Waals surface area contributed by atoms with Crippen molar-refractivity contribution in [3.05, 3.63) is 24.3 Å². The molecule has 2 heterocycles. The average molecular weight is 386 g/mol. The minimum absolute atomic E-state index is 0.0363. The lowest BCUT2D eigenvalue weighted by atomic mass is 10.2. The van der Waals surface area contributed by atoms with Gasteiger partial charge < -0.3 is 9.88 Å². The topological polar surface area (TPSA) is 102 Å². The second kappa shape index (κ2) is 8.34. The highest BCUT2D eigenvalue weighted by molar-refractivity contribution is 7.99. The molecule has 8 nitrogen and oxygen atoms in total. The predicted octanol–water partition coefficient (Wildman–Crippen LogP) is 2.57. The van der Waals surface area contributed by atoms with Gasteiger partial charge in [-0.25, -0.2) is 9.78 Å². The van der Waals surface area contributed by atoms with Crippen molar-refractivity contribution in [3.63, 3.8) is 0 Å². The largest absolute Gasteiger partial charge is 0.338 e. The van der Waals surface area contributed by atoms with Gasteiger partial charge in [-0.2, -0.15) is 0 Å². The van der Waals surface area contributed by atoms with Crippen molar-refractivity contribution in [1.82, 2.24) is 30.4 Å². The standard InChI is InChI=1S/C18H22N6O2S/c1-4-24-13-8-6-5-7-12(13)15-16(24)21-18(23-22-15)27-10-14(25)20-17(26)19-9-11(2)3/h5-8,11H,4,9-10H2,1-3H3,(H2,19,20,25,26). The summed E-state index contributed by atoms with van der Waals surface area (Å²) in [5.41, 5.74) is 2.54. The molecule has 3 rings (SSSR count). The number of benzene rings is 1. The van der Waals surface area contributed by atoms with Gasteiger partial charge >= 0.3 is 6.03 Å². The molecule has 0 saturated carbocycles. The number of imide groups is 1. The Labute approximate surface area is 161 Å². The summed E-state index contributed by atoms with van der Waals surface area (Å²) in [6.07, 6.45) is 0. The summed E-state index contributed by atoms with van der Waals surface area (Å²) in [4.78, 5) is 28.1. The molecule has 0 aliphatic rings. The summed E-state index contributed by atoms with van der Waals surface area (Å²) in [5, 5.41) is 14.8. The number of nitrogens with zero attached hydrogens (tertiary/aromatic N) is 4. The third kappa shape index (κ3) is 4.36. The van der Waals surface area contributed by atoms with Gasteiger partial charge in [-0.05, 0) is 18.9 Å². The molecule has 9 heteroatoms. The second-order valence-electron chi connectivity index (χ2n) is 6.47. The number of carbonyl (C=O) groups excluding carboxylic acids is 2. The Morgan fingerprint density at radius 1 is 1.22 bits per heavy atom. The summed E-state index contributed by atoms with van der Waals surface area (Å²) in [6, 6.07) is 7.47. The smallest absolute Gasteiger partial charge is 0.321 e. The molecule has 3 amide bonds. The fourth-order valence-electron chi connectivity index (χ4n) is 2.70. The number of aromatic nitrogens is 4. The maximum Gasteiger partial charge on any atom is 0.321 e. The number of thioether (sulfide) groups is 1. The molecular formula is C18H22N6O2S. The zero-order valence-electron chi connectivity index (χ0n) is 15.5. The van der Waals surface area contributed by atoms with Crippen molar-refractivity contribution in [2.24, 2.45) is 5.92 Å². The summed E-state index contributed by atoms with van der Waals surface area (Å²) < 4.78 is 2.07. The van der Waals surface area contributed by atoms with Gasteiger partial charge in [-0.1, -0.05) is 43.8 Å². The number of hydrogen-bond acceptors (Lipinski definition) is 6. The normalized spacial score (nSPS) is 11.3. The molecule has 0 spiro atoms. The van der Waals surface area contributed by atoms with Gasteiger partial charge in [0.2, 0.25) is 11.1 Å². The molecule has 0 radical (unpaired) electrons. The van der Waals surface area contributed by atoms with E-state index in [-0.39, 0.29) is 5.75 Å². The van der Waals surface area contributed by atoms with Crippen LogP contribution in [0, 0.1) is 5.92 Å². The third-order valence-corrected chi connectivity index (χ3v) is 4.76. The third-order valence-electron chi connectivity index (χ3n) is 3.93. The average Bonchev–Trinajstić information content (AvgIpc) is 2.97. The van der Waals surface area contributed by atoms with Crippen LogP contribution in [0.15, 0.2) is 29.4 Å². The van der Waals surface area contributed by atoms with Crippen LogP contribution >= 0.6 is 11.8 Å². The Bertz CT molecular complexity index is 985. The van der Waals surface area contributed by atoms with E-state index in [9.17, 15) is 9.59 Å². The van der Waals surface area contributed by atoms with Crippen LogP contribution in [0.5, 0.6) is 0 Å². The van der Waals surface area contributed by atoms with Gasteiger partial charge in [-0.15, -0.1) is 10.2 Å². The van der Waals surface area contributed by atoms with Crippen LogP contribution in [0.3, 0.4) is 0 Å². The van der Waals surface area contributed by atoms with Gasteiger partial charge in [0.25, 0.3) is 0 Å². The lowest BCUT2D eigenvalue weighted by molar-refractivity contribution is -0.117. The highest BCUT2D eigenvalue weighted by Crippen LogP contribution is 2.26. The maximum atomic E-state index is 11.9. The number of nitrogens with one attached hydrogen (secondary N) is 2. The SMILES string of the molecule is CCn1c2ccccc2c2nnc(SCC(=O)NC(=O)NCC(C)C)nc21. The van der Waals surface area contributed by atoms with E-state index in [4.69, 9.17) is 0 Å². The Kier molecular flexibility index (Phi) is 5.90. The highest BCUT2D eigenvalue weighted by atomic mass is 32.2. The summed E-state index contributed by atoms with van der Waals surface area (Å²) >= 11 is 1.15. The Balaban J connectivity index is 1.70. The zero-order valence-corrected chi connectivity index (χ0v) is 16.3. The van der Waals surface area contributed by atoms with Crippen LogP contribution < -0.4 is 10.6 Å². The first-order chi connectivity index (χ1) is 13.0. The minimum atomic E-state index is -0.491. The van der Waals surface area contributed by atoms with E-state index in [0.717, 1.165) is 40.4 Å². The van der Waals surface area contributed by atoms with Crippen LogP contribution in [0.2, 0.25) is 0 Å². The van der Waals surface area contributed by atoms with E-state index < -0.39 is 11.9 Å². The molecule has 0 atom stereocenters. The quantitative estimate of drug-likeness (QED) is 0.631. The molecule has 0 unspecified atom stereocenters. The lowest BCUT2D eigenvalue weighted by Crippen LogP contribution is -2.41. The molecule has 0 saturated heterocycles. The van der Waals surface area contributed by atoms with Crippen molar-refractivity contribution in [2.75, 3.05) is 12.3 Å². The van der Waals surface area contributed by atoms with Crippen molar-refractivity contribution in [3.8, 4) is 0 Å². The van der Waals surface area contributed by atoms with Gasteiger partial charge in [0.15, 0.2) is 5.65 Å². The van der Waals surface area contributed by atoms with Crippen LogP contribution in [0.1, 0.15) is 20.8 Å². The van der Waals surface area contributed by atoms with E-state index in [1.54, 1.807) is 0 Å². The van der Waals surface area contributed by atoms with E-state index in [1.165, 1.54) is 0 Å². The maximum absolute atomic E-state index is 11.9. The predicted molar refractivity (Wildman–Crippen MR) is 106 cm³/mol. The van der Waals surface area contributed by atoms with Crippen molar-refractivity contribution >= 4 is 45.8 Å². The van der Waals surface area contributed by atoms with E-state index >= 15 is 0 Å². The molecule has 0 aliphatic carbocycles. The summed E-state index contributed by atoms with van der Waals surface area (Å²) in [5.74, 6) is -0.0491. The summed E-state index contributed by atoms with van der Waals surface area (Å²) in [7, 11) is 0. The lowest BCUT2D eigenvalue weighted by Gasteiger charge is -2.08. The molecule has 142 valence electrons. The van der Waals surface area contributed by atoms with Crippen molar-refractivity contribution in [1.29, 1.82) is 0 Å². The number of aryl methyl sites for hydroxylation is 1. The van der Waals surface area contributed by atoms with Gasteiger partial charge in [0.1, 0.15) is 5.52 Å². The molecule has 0 bridgehead atoms. The monoisotopic (exact) mass is 386 g/mol. The van der Waals surface area contributed by atoms with Crippen molar-refractivity contribution < 1.29 is 9.59 Å². The Hall–Kier alpha value is -2.68. The number of rotatable bonds is 6. The summed E-state index contributed by atoms with van der Waals surface area (Å²) in [6.45, 7) is 7.27. The minimum Gasteiger partial charge on any atom is -0.338 e. The number of amides is 3. The fourth-order valence-corrected chi connectivity index (χ4v) is 3.29. The number of fused-ring (bicyclic) bond motifs is 3. The molecule has 0 fully saturated rings. The number of urea groups is 1. The van der Waals surface area contributed by atoms with Crippen LogP contribution in [0.25, 0.3) is 22.1 Å². The molecule has 2 N–H and O–H groups in total. The first-order valence-electron chi connectivity index (χ1n) is 8.81. The van der Waals surface area contributed by atoms with Crippen molar-refractivity contribution in [2.45, 2.75) is 32.5 Å². The van der Waals surface area contributed by atoms with Crippen LogP contribution in [-0.2, 0) is 11.3 Å². The zero-order chi connectivity index (χ0) is 19.4. The molecule has 3 aromatic rings. The highest BCUT2D eigenvalue weighted by Gasteiger charge is 2.15. The second-order valence-corrected chi connectivity index (χ2v) is 7.41. The first-order valence-corrected chi connectivity index (χ1v) is 9.80. The molecular weight excluding hydrogens is 364 g/mol. The van der Waals surface area contributed by atoms with Crippen LogP contribution in [-0.4, -0.2) is 44.0 Å². The van der Waals surface area contributed by atoms with Gasteiger partial charge in [-0.3, -0.25) is 10.1 Å². The molecule has 0 aliphatic heterocycles. The van der Waals surface area contributed by atoms with Gasteiger partial charge in [0.05, 0.1) is 11.3 Å². The van der Waals surface area contributed by atoms with E-state index in [2.05, 4.69) is 30.4 Å². The Morgan fingerprint density at radius 3 is 2.74 bits per heavy atom.